The molecule has 6 heteroatoms. The minimum Gasteiger partial charge on any atom is -0.370 e. The standard InChI is InChI=1S/C13H21N3O2S/c1-4-14-12-6-5-11(9-15-12)19(17,18)16-8-7-13(2,3)10-16/h5-6,9H,4,7-8,10H2,1-3H3,(H,14,15). The fourth-order valence-corrected chi connectivity index (χ4v) is 3.81. The van der Waals surface area contributed by atoms with Gasteiger partial charge in [-0.1, -0.05) is 13.8 Å². The lowest BCUT2D eigenvalue weighted by molar-refractivity contribution is 0.375. The Morgan fingerprint density at radius 3 is 2.63 bits per heavy atom. The number of hydrogen-bond donors (Lipinski definition) is 1. The molecule has 0 amide bonds. The summed E-state index contributed by atoms with van der Waals surface area (Å²) in [6, 6.07) is 3.32. The number of sulfonamides is 1. The quantitative estimate of drug-likeness (QED) is 0.917. The van der Waals surface area contributed by atoms with E-state index in [2.05, 4.69) is 24.1 Å². The molecule has 0 unspecified atom stereocenters. The molecule has 19 heavy (non-hydrogen) atoms. The molecule has 0 atom stereocenters. The van der Waals surface area contributed by atoms with Crippen molar-refractivity contribution in [1.82, 2.24) is 9.29 Å². The smallest absolute Gasteiger partial charge is 0.244 e. The Balaban J connectivity index is 2.20. The second kappa shape index (κ2) is 5.09. The van der Waals surface area contributed by atoms with Gasteiger partial charge in [0.2, 0.25) is 10.0 Å². The van der Waals surface area contributed by atoms with E-state index in [0.29, 0.717) is 18.9 Å². The molecule has 0 aromatic carbocycles. The third kappa shape index (κ3) is 3.06. The van der Waals surface area contributed by atoms with Crippen molar-refractivity contribution in [3.8, 4) is 0 Å². The summed E-state index contributed by atoms with van der Waals surface area (Å²) in [6.45, 7) is 8.08. The maximum Gasteiger partial charge on any atom is 0.244 e. The van der Waals surface area contributed by atoms with Crippen LogP contribution in [0.4, 0.5) is 5.82 Å². The Hall–Kier alpha value is -1.14. The molecule has 1 aromatic rings. The van der Waals surface area contributed by atoms with E-state index in [4.69, 9.17) is 0 Å². The van der Waals surface area contributed by atoms with E-state index < -0.39 is 10.0 Å². The lowest BCUT2D eigenvalue weighted by atomic mass is 9.93. The van der Waals surface area contributed by atoms with E-state index in [-0.39, 0.29) is 10.3 Å². The summed E-state index contributed by atoms with van der Waals surface area (Å²) < 4.78 is 26.5. The predicted octanol–water partition coefficient (Wildman–Crippen LogP) is 1.93. The van der Waals surface area contributed by atoms with Crippen LogP contribution in [0.25, 0.3) is 0 Å². The topological polar surface area (TPSA) is 62.3 Å². The highest BCUT2D eigenvalue weighted by Gasteiger charge is 2.36. The zero-order valence-electron chi connectivity index (χ0n) is 11.7. The second-order valence-corrected chi connectivity index (χ2v) is 7.60. The summed E-state index contributed by atoms with van der Waals surface area (Å²) in [6.07, 6.45) is 2.33. The molecule has 106 valence electrons. The third-order valence-electron chi connectivity index (χ3n) is 3.37. The van der Waals surface area contributed by atoms with Crippen molar-refractivity contribution < 1.29 is 8.42 Å². The van der Waals surface area contributed by atoms with Gasteiger partial charge in [-0.2, -0.15) is 4.31 Å². The van der Waals surface area contributed by atoms with Crippen LogP contribution in [0, 0.1) is 5.41 Å². The average molecular weight is 283 g/mol. The molecule has 1 aliphatic rings. The maximum absolute atomic E-state index is 12.5. The Morgan fingerprint density at radius 2 is 2.16 bits per heavy atom. The van der Waals surface area contributed by atoms with Crippen LogP contribution < -0.4 is 5.32 Å². The van der Waals surface area contributed by atoms with Gasteiger partial charge < -0.3 is 5.32 Å². The minimum atomic E-state index is -3.40. The minimum absolute atomic E-state index is 0.0597. The predicted molar refractivity (Wildman–Crippen MR) is 75.6 cm³/mol. The molecule has 2 heterocycles. The highest BCUT2D eigenvalue weighted by atomic mass is 32.2. The normalized spacial score (nSPS) is 19.5. The van der Waals surface area contributed by atoms with Crippen molar-refractivity contribution in [1.29, 1.82) is 0 Å². The van der Waals surface area contributed by atoms with Gasteiger partial charge in [-0.25, -0.2) is 13.4 Å². The monoisotopic (exact) mass is 283 g/mol. The highest BCUT2D eigenvalue weighted by Crippen LogP contribution is 2.32. The molecule has 0 bridgehead atoms. The van der Waals surface area contributed by atoms with Crippen molar-refractivity contribution in [3.05, 3.63) is 18.3 Å². The first-order valence-electron chi connectivity index (χ1n) is 6.55. The number of rotatable bonds is 4. The number of aromatic nitrogens is 1. The zero-order chi connectivity index (χ0) is 14.1. The molecule has 0 saturated carbocycles. The van der Waals surface area contributed by atoms with Gasteiger partial charge in [0.15, 0.2) is 0 Å². The first kappa shape index (κ1) is 14.3. The molecule has 0 aliphatic carbocycles. The van der Waals surface area contributed by atoms with Crippen LogP contribution in [0.5, 0.6) is 0 Å². The number of nitrogens with zero attached hydrogens (tertiary/aromatic N) is 2. The van der Waals surface area contributed by atoms with Crippen molar-refractivity contribution in [2.24, 2.45) is 5.41 Å². The lowest BCUT2D eigenvalue weighted by Crippen LogP contribution is -2.30. The third-order valence-corrected chi connectivity index (χ3v) is 5.20. The molecular formula is C13H21N3O2S. The van der Waals surface area contributed by atoms with E-state index >= 15 is 0 Å². The lowest BCUT2D eigenvalue weighted by Gasteiger charge is -2.19. The zero-order valence-corrected chi connectivity index (χ0v) is 12.5. The summed E-state index contributed by atoms with van der Waals surface area (Å²) in [5.41, 5.74) is 0.0597. The molecule has 1 saturated heterocycles. The molecule has 1 N–H and O–H groups in total. The summed E-state index contributed by atoms with van der Waals surface area (Å²) in [4.78, 5) is 4.40. The number of pyridine rings is 1. The van der Waals surface area contributed by atoms with Gasteiger partial charge in [0, 0.05) is 25.8 Å². The van der Waals surface area contributed by atoms with Crippen LogP contribution in [0.15, 0.2) is 23.2 Å². The molecule has 1 fully saturated rings. The van der Waals surface area contributed by atoms with E-state index in [1.807, 2.05) is 6.92 Å². The van der Waals surface area contributed by atoms with Crippen LogP contribution in [-0.2, 0) is 10.0 Å². The highest BCUT2D eigenvalue weighted by molar-refractivity contribution is 7.89. The fourth-order valence-electron chi connectivity index (χ4n) is 2.24. The largest absolute Gasteiger partial charge is 0.370 e. The van der Waals surface area contributed by atoms with Crippen molar-refractivity contribution in [2.45, 2.75) is 32.1 Å². The van der Waals surface area contributed by atoms with Crippen LogP contribution >= 0.6 is 0 Å². The Bertz CT molecular complexity index is 538. The number of nitrogens with one attached hydrogen (secondary N) is 1. The van der Waals surface area contributed by atoms with E-state index in [9.17, 15) is 8.42 Å². The van der Waals surface area contributed by atoms with Crippen LogP contribution in [-0.4, -0.2) is 37.3 Å². The van der Waals surface area contributed by atoms with Crippen molar-refractivity contribution >= 4 is 15.8 Å². The Morgan fingerprint density at radius 1 is 1.42 bits per heavy atom. The van der Waals surface area contributed by atoms with Gasteiger partial charge in [0.05, 0.1) is 0 Å². The van der Waals surface area contributed by atoms with Gasteiger partial charge in [0.25, 0.3) is 0 Å². The summed E-state index contributed by atoms with van der Waals surface area (Å²) >= 11 is 0. The summed E-state index contributed by atoms with van der Waals surface area (Å²) in [5.74, 6) is 0.697. The number of hydrogen-bond acceptors (Lipinski definition) is 4. The summed E-state index contributed by atoms with van der Waals surface area (Å²) in [7, 11) is -3.40. The van der Waals surface area contributed by atoms with E-state index in [0.717, 1.165) is 13.0 Å². The van der Waals surface area contributed by atoms with Crippen molar-refractivity contribution in [2.75, 3.05) is 25.0 Å². The van der Waals surface area contributed by atoms with E-state index in [1.54, 1.807) is 16.4 Å². The first-order valence-corrected chi connectivity index (χ1v) is 7.99. The van der Waals surface area contributed by atoms with Crippen LogP contribution in [0.3, 0.4) is 0 Å². The maximum atomic E-state index is 12.5. The second-order valence-electron chi connectivity index (χ2n) is 5.66. The Kier molecular flexibility index (Phi) is 3.82. The average Bonchev–Trinajstić information content (AvgIpc) is 2.71. The molecule has 2 rings (SSSR count). The van der Waals surface area contributed by atoms with Gasteiger partial charge >= 0.3 is 0 Å². The van der Waals surface area contributed by atoms with Crippen molar-refractivity contribution in [3.63, 3.8) is 0 Å². The van der Waals surface area contributed by atoms with E-state index in [1.165, 1.54) is 6.20 Å². The van der Waals surface area contributed by atoms with Crippen LogP contribution in [0.1, 0.15) is 27.2 Å². The molecule has 1 aliphatic heterocycles. The summed E-state index contributed by atoms with van der Waals surface area (Å²) in [5, 5.41) is 3.05. The van der Waals surface area contributed by atoms with Crippen LogP contribution in [0.2, 0.25) is 0 Å². The Labute approximate surface area is 115 Å². The first-order chi connectivity index (χ1) is 8.85. The van der Waals surface area contributed by atoms with Gasteiger partial charge in [-0.3, -0.25) is 0 Å². The molecule has 0 radical (unpaired) electrons. The van der Waals surface area contributed by atoms with Gasteiger partial charge in [0.1, 0.15) is 10.7 Å². The molecule has 5 nitrogen and oxygen atoms in total. The fraction of sp³-hybridized carbons (Fsp3) is 0.615. The van der Waals surface area contributed by atoms with Gasteiger partial charge in [-0.15, -0.1) is 0 Å². The van der Waals surface area contributed by atoms with Gasteiger partial charge in [-0.05, 0) is 30.9 Å². The molecule has 1 aromatic heterocycles. The molecule has 0 spiro atoms. The number of anilines is 1. The SMILES string of the molecule is CCNc1ccc(S(=O)(=O)N2CCC(C)(C)C2)cn1. The molecular weight excluding hydrogens is 262 g/mol.